The van der Waals surface area contributed by atoms with Crippen LogP contribution < -0.4 is 0 Å². The molecular formula is C19H20N2O3. The third kappa shape index (κ3) is 3.56. The van der Waals surface area contributed by atoms with E-state index in [4.69, 9.17) is 4.42 Å². The average molecular weight is 324 g/mol. The summed E-state index contributed by atoms with van der Waals surface area (Å²) in [7, 11) is 0. The molecule has 1 aliphatic rings. The van der Waals surface area contributed by atoms with Gasteiger partial charge in [-0.3, -0.25) is 9.59 Å². The van der Waals surface area contributed by atoms with Gasteiger partial charge in [-0.2, -0.15) is 0 Å². The van der Waals surface area contributed by atoms with Crippen molar-refractivity contribution < 1.29 is 14.0 Å². The van der Waals surface area contributed by atoms with Crippen molar-refractivity contribution in [1.82, 2.24) is 9.80 Å². The average Bonchev–Trinajstić information content (AvgIpc) is 3.16. The Balaban J connectivity index is 1.59. The molecule has 1 aromatic heterocycles. The molecule has 0 radical (unpaired) electrons. The van der Waals surface area contributed by atoms with Crippen molar-refractivity contribution in [2.24, 2.45) is 0 Å². The van der Waals surface area contributed by atoms with Gasteiger partial charge in [-0.15, -0.1) is 0 Å². The Morgan fingerprint density at radius 3 is 2.25 bits per heavy atom. The summed E-state index contributed by atoms with van der Waals surface area (Å²) in [5, 5.41) is 0. The van der Waals surface area contributed by atoms with Crippen molar-refractivity contribution in [2.75, 3.05) is 26.2 Å². The molecule has 124 valence electrons. The molecule has 5 nitrogen and oxygen atoms in total. The maximum absolute atomic E-state index is 12.5. The minimum atomic E-state index is -0.122. The fourth-order valence-electron chi connectivity index (χ4n) is 2.78. The van der Waals surface area contributed by atoms with Gasteiger partial charge in [0.05, 0.1) is 6.26 Å². The van der Waals surface area contributed by atoms with Crippen molar-refractivity contribution in [1.29, 1.82) is 0 Å². The fraction of sp³-hybridized carbons (Fsp3) is 0.263. The van der Waals surface area contributed by atoms with Crippen LogP contribution in [0.25, 0.3) is 6.08 Å². The SMILES string of the molecule is C/C(=C\c1ccccc1)C(=O)N1CCN(C(=O)c2ccco2)CC1. The van der Waals surface area contributed by atoms with Gasteiger partial charge in [0.25, 0.3) is 5.91 Å². The van der Waals surface area contributed by atoms with E-state index in [0.29, 0.717) is 37.5 Å². The number of nitrogens with zero attached hydrogens (tertiary/aromatic N) is 2. The maximum atomic E-state index is 12.5. The molecule has 0 bridgehead atoms. The number of rotatable bonds is 3. The van der Waals surface area contributed by atoms with E-state index in [1.807, 2.05) is 43.3 Å². The molecular weight excluding hydrogens is 304 g/mol. The lowest BCUT2D eigenvalue weighted by molar-refractivity contribution is -0.128. The molecule has 3 rings (SSSR count). The standard InChI is InChI=1S/C19H20N2O3/c1-15(14-16-6-3-2-4-7-16)18(22)20-9-11-21(12-10-20)19(23)17-8-5-13-24-17/h2-8,13-14H,9-12H2,1H3/b15-14+. The highest BCUT2D eigenvalue weighted by Crippen LogP contribution is 2.13. The minimum Gasteiger partial charge on any atom is -0.459 e. The summed E-state index contributed by atoms with van der Waals surface area (Å²) < 4.78 is 5.15. The Labute approximate surface area is 141 Å². The number of benzene rings is 1. The van der Waals surface area contributed by atoms with E-state index in [0.717, 1.165) is 5.56 Å². The van der Waals surface area contributed by atoms with E-state index in [9.17, 15) is 9.59 Å². The van der Waals surface area contributed by atoms with Gasteiger partial charge < -0.3 is 14.2 Å². The van der Waals surface area contributed by atoms with Gasteiger partial charge in [0.2, 0.25) is 5.91 Å². The molecule has 1 aromatic carbocycles. The molecule has 0 N–H and O–H groups in total. The van der Waals surface area contributed by atoms with Crippen molar-refractivity contribution >= 4 is 17.9 Å². The van der Waals surface area contributed by atoms with E-state index in [1.54, 1.807) is 21.9 Å². The Hall–Kier alpha value is -2.82. The van der Waals surface area contributed by atoms with Crippen LogP contribution in [0.4, 0.5) is 0 Å². The molecule has 2 amide bonds. The van der Waals surface area contributed by atoms with Crippen molar-refractivity contribution in [3.05, 3.63) is 65.6 Å². The maximum Gasteiger partial charge on any atom is 0.289 e. The van der Waals surface area contributed by atoms with Crippen molar-refractivity contribution in [3.63, 3.8) is 0 Å². The molecule has 0 aliphatic carbocycles. The summed E-state index contributed by atoms with van der Waals surface area (Å²) >= 11 is 0. The first kappa shape index (κ1) is 16.1. The Bertz CT molecular complexity index is 727. The van der Waals surface area contributed by atoms with Gasteiger partial charge in [-0.05, 0) is 30.7 Å². The molecule has 1 aliphatic heterocycles. The molecule has 2 aromatic rings. The highest BCUT2D eigenvalue weighted by molar-refractivity contribution is 5.97. The third-order valence-electron chi connectivity index (χ3n) is 4.11. The second-order valence-corrected chi connectivity index (χ2v) is 5.80. The van der Waals surface area contributed by atoms with Gasteiger partial charge in [0.15, 0.2) is 5.76 Å². The third-order valence-corrected chi connectivity index (χ3v) is 4.11. The monoisotopic (exact) mass is 324 g/mol. The predicted molar refractivity (Wildman–Crippen MR) is 91.3 cm³/mol. The molecule has 0 unspecified atom stereocenters. The fourth-order valence-corrected chi connectivity index (χ4v) is 2.78. The van der Waals surface area contributed by atoms with Crippen LogP contribution in [-0.2, 0) is 4.79 Å². The number of hydrogen-bond acceptors (Lipinski definition) is 3. The largest absolute Gasteiger partial charge is 0.459 e. The van der Waals surface area contributed by atoms with E-state index in [2.05, 4.69) is 0 Å². The molecule has 0 saturated carbocycles. The van der Waals surface area contributed by atoms with Gasteiger partial charge >= 0.3 is 0 Å². The minimum absolute atomic E-state index is 0.0175. The number of furan rings is 1. The van der Waals surface area contributed by atoms with Gasteiger partial charge in [0.1, 0.15) is 0 Å². The lowest BCUT2D eigenvalue weighted by Gasteiger charge is -2.34. The predicted octanol–water partition coefficient (Wildman–Crippen LogP) is 2.67. The molecule has 0 spiro atoms. The molecule has 24 heavy (non-hydrogen) atoms. The summed E-state index contributed by atoms with van der Waals surface area (Å²) in [6.07, 6.45) is 3.38. The van der Waals surface area contributed by atoms with Crippen molar-refractivity contribution in [2.45, 2.75) is 6.92 Å². The first-order chi connectivity index (χ1) is 11.6. The smallest absolute Gasteiger partial charge is 0.289 e. The summed E-state index contributed by atoms with van der Waals surface area (Å²) in [6, 6.07) is 13.1. The van der Waals surface area contributed by atoms with Gasteiger partial charge in [0, 0.05) is 31.8 Å². The first-order valence-electron chi connectivity index (χ1n) is 8.00. The zero-order valence-corrected chi connectivity index (χ0v) is 13.6. The van der Waals surface area contributed by atoms with Gasteiger partial charge in [-0.25, -0.2) is 0 Å². The van der Waals surface area contributed by atoms with Gasteiger partial charge in [-0.1, -0.05) is 30.3 Å². The van der Waals surface area contributed by atoms with Crippen LogP contribution in [0.1, 0.15) is 23.0 Å². The second-order valence-electron chi connectivity index (χ2n) is 5.80. The van der Waals surface area contributed by atoms with E-state index in [1.165, 1.54) is 6.26 Å². The Morgan fingerprint density at radius 1 is 0.958 bits per heavy atom. The number of carbonyl (C=O) groups excluding carboxylic acids is 2. The lowest BCUT2D eigenvalue weighted by Crippen LogP contribution is -2.50. The first-order valence-corrected chi connectivity index (χ1v) is 8.00. The molecule has 2 heterocycles. The lowest BCUT2D eigenvalue weighted by atomic mass is 10.1. The molecule has 1 saturated heterocycles. The number of carbonyl (C=O) groups is 2. The van der Waals surface area contributed by atoms with Crippen LogP contribution >= 0.6 is 0 Å². The summed E-state index contributed by atoms with van der Waals surface area (Å²) in [4.78, 5) is 28.3. The zero-order chi connectivity index (χ0) is 16.9. The molecule has 0 atom stereocenters. The van der Waals surface area contributed by atoms with Crippen LogP contribution in [0, 0.1) is 0 Å². The quantitative estimate of drug-likeness (QED) is 0.816. The van der Waals surface area contributed by atoms with Crippen LogP contribution in [0.5, 0.6) is 0 Å². The van der Waals surface area contributed by atoms with Crippen LogP contribution in [0.15, 0.2) is 58.7 Å². The van der Waals surface area contributed by atoms with E-state index in [-0.39, 0.29) is 11.8 Å². The molecule has 1 fully saturated rings. The Morgan fingerprint density at radius 2 is 1.62 bits per heavy atom. The number of hydrogen-bond donors (Lipinski definition) is 0. The van der Waals surface area contributed by atoms with Crippen molar-refractivity contribution in [3.8, 4) is 0 Å². The number of piperazine rings is 1. The topological polar surface area (TPSA) is 53.8 Å². The summed E-state index contributed by atoms with van der Waals surface area (Å²) in [6.45, 7) is 3.93. The highest BCUT2D eigenvalue weighted by atomic mass is 16.3. The van der Waals surface area contributed by atoms with Crippen LogP contribution in [-0.4, -0.2) is 47.8 Å². The van der Waals surface area contributed by atoms with Crippen LogP contribution in [0.2, 0.25) is 0 Å². The summed E-state index contributed by atoms with van der Waals surface area (Å²) in [5.74, 6) is 0.238. The summed E-state index contributed by atoms with van der Waals surface area (Å²) in [5.41, 5.74) is 1.71. The zero-order valence-electron chi connectivity index (χ0n) is 13.6. The van der Waals surface area contributed by atoms with E-state index < -0.39 is 0 Å². The normalized spacial score (nSPS) is 15.5. The van der Waals surface area contributed by atoms with Crippen LogP contribution in [0.3, 0.4) is 0 Å². The number of amides is 2. The highest BCUT2D eigenvalue weighted by Gasteiger charge is 2.26. The molecule has 5 heteroatoms. The Kier molecular flexibility index (Phi) is 4.79. The van der Waals surface area contributed by atoms with E-state index >= 15 is 0 Å². The second kappa shape index (κ2) is 7.17.